The first kappa shape index (κ1) is 15.7. The number of hydrogen-bond donors (Lipinski definition) is 1. The SMILES string of the molecule is CCOC(=O)C(N)(CN1CCN(CC)C(C)C1)C1CC1. The summed E-state index contributed by atoms with van der Waals surface area (Å²) in [5.41, 5.74) is 5.65. The predicted molar refractivity (Wildman–Crippen MR) is 79.4 cm³/mol. The van der Waals surface area contributed by atoms with Crippen molar-refractivity contribution in [3.63, 3.8) is 0 Å². The number of esters is 1. The summed E-state index contributed by atoms with van der Waals surface area (Å²) in [6, 6.07) is 0.527. The summed E-state index contributed by atoms with van der Waals surface area (Å²) >= 11 is 0. The summed E-state index contributed by atoms with van der Waals surface area (Å²) in [5, 5.41) is 0. The summed E-state index contributed by atoms with van der Waals surface area (Å²) in [7, 11) is 0. The van der Waals surface area contributed by atoms with Crippen LogP contribution in [0.4, 0.5) is 0 Å². The highest BCUT2D eigenvalue weighted by Gasteiger charge is 2.50. The van der Waals surface area contributed by atoms with Gasteiger partial charge in [0.15, 0.2) is 0 Å². The molecule has 1 aliphatic heterocycles. The summed E-state index contributed by atoms with van der Waals surface area (Å²) in [4.78, 5) is 17.0. The van der Waals surface area contributed by atoms with Gasteiger partial charge in [-0.05, 0) is 39.2 Å². The van der Waals surface area contributed by atoms with E-state index in [0.717, 1.165) is 39.0 Å². The fraction of sp³-hybridized carbons (Fsp3) is 0.933. The highest BCUT2D eigenvalue weighted by Crippen LogP contribution is 2.39. The Balaban J connectivity index is 1.97. The van der Waals surface area contributed by atoms with E-state index in [4.69, 9.17) is 10.5 Å². The topological polar surface area (TPSA) is 58.8 Å². The van der Waals surface area contributed by atoms with Crippen LogP contribution in [0.25, 0.3) is 0 Å². The third-order valence-electron chi connectivity index (χ3n) is 4.70. The van der Waals surface area contributed by atoms with Crippen LogP contribution in [0.2, 0.25) is 0 Å². The minimum atomic E-state index is -0.801. The second-order valence-corrected chi connectivity index (χ2v) is 6.25. The fourth-order valence-corrected chi connectivity index (χ4v) is 3.28. The lowest BCUT2D eigenvalue weighted by Gasteiger charge is -2.42. The first-order valence-corrected chi connectivity index (χ1v) is 7.93. The van der Waals surface area contributed by atoms with Crippen molar-refractivity contribution in [2.45, 2.75) is 45.2 Å². The maximum absolute atomic E-state index is 12.2. The fourth-order valence-electron chi connectivity index (χ4n) is 3.28. The van der Waals surface area contributed by atoms with E-state index in [1.54, 1.807) is 0 Å². The maximum atomic E-state index is 12.2. The molecule has 0 bridgehead atoms. The van der Waals surface area contributed by atoms with Gasteiger partial charge in [-0.2, -0.15) is 0 Å². The van der Waals surface area contributed by atoms with Crippen molar-refractivity contribution in [1.29, 1.82) is 0 Å². The van der Waals surface area contributed by atoms with Gasteiger partial charge in [0.2, 0.25) is 0 Å². The number of piperazine rings is 1. The number of nitrogens with zero attached hydrogens (tertiary/aromatic N) is 2. The largest absolute Gasteiger partial charge is 0.465 e. The van der Waals surface area contributed by atoms with Gasteiger partial charge < -0.3 is 10.5 Å². The molecule has 0 aromatic rings. The Morgan fingerprint density at radius 1 is 1.35 bits per heavy atom. The van der Waals surface area contributed by atoms with Gasteiger partial charge in [0.1, 0.15) is 5.54 Å². The molecule has 0 spiro atoms. The van der Waals surface area contributed by atoms with E-state index in [-0.39, 0.29) is 5.97 Å². The molecule has 2 aliphatic rings. The van der Waals surface area contributed by atoms with Gasteiger partial charge in [-0.25, -0.2) is 4.79 Å². The monoisotopic (exact) mass is 283 g/mol. The Hall–Kier alpha value is -0.650. The zero-order valence-corrected chi connectivity index (χ0v) is 13.1. The van der Waals surface area contributed by atoms with Crippen molar-refractivity contribution in [3.05, 3.63) is 0 Å². The van der Waals surface area contributed by atoms with E-state index in [2.05, 4.69) is 23.6 Å². The Morgan fingerprint density at radius 3 is 2.55 bits per heavy atom. The van der Waals surface area contributed by atoms with Crippen LogP contribution in [0.3, 0.4) is 0 Å². The third kappa shape index (κ3) is 3.32. The molecule has 5 nitrogen and oxygen atoms in total. The highest BCUT2D eigenvalue weighted by atomic mass is 16.5. The molecule has 116 valence electrons. The maximum Gasteiger partial charge on any atom is 0.327 e. The lowest BCUT2D eigenvalue weighted by Crippen LogP contribution is -2.62. The van der Waals surface area contributed by atoms with Gasteiger partial charge in [0, 0.05) is 32.2 Å². The van der Waals surface area contributed by atoms with E-state index in [9.17, 15) is 4.79 Å². The number of ether oxygens (including phenoxy) is 1. The van der Waals surface area contributed by atoms with Crippen LogP contribution >= 0.6 is 0 Å². The van der Waals surface area contributed by atoms with Crippen LogP contribution < -0.4 is 5.73 Å². The van der Waals surface area contributed by atoms with E-state index in [1.165, 1.54) is 0 Å². The third-order valence-corrected chi connectivity index (χ3v) is 4.70. The van der Waals surface area contributed by atoms with E-state index in [0.29, 0.717) is 25.1 Å². The Labute approximate surface area is 122 Å². The summed E-state index contributed by atoms with van der Waals surface area (Å²) in [6.45, 7) is 11.4. The number of carbonyl (C=O) groups excluding carboxylic acids is 1. The smallest absolute Gasteiger partial charge is 0.327 e. The van der Waals surface area contributed by atoms with Crippen molar-refractivity contribution in [2.75, 3.05) is 39.3 Å². The second-order valence-electron chi connectivity index (χ2n) is 6.25. The molecule has 1 saturated heterocycles. The van der Waals surface area contributed by atoms with Gasteiger partial charge in [0.25, 0.3) is 0 Å². The number of likely N-dealkylation sites (N-methyl/N-ethyl adjacent to an activating group) is 1. The molecule has 2 N–H and O–H groups in total. The first-order chi connectivity index (χ1) is 9.51. The van der Waals surface area contributed by atoms with E-state index < -0.39 is 5.54 Å². The summed E-state index contributed by atoms with van der Waals surface area (Å²) < 4.78 is 5.22. The average molecular weight is 283 g/mol. The number of nitrogens with two attached hydrogens (primary N) is 1. The molecule has 0 radical (unpaired) electrons. The lowest BCUT2D eigenvalue weighted by molar-refractivity contribution is -0.151. The zero-order valence-electron chi connectivity index (χ0n) is 13.1. The molecule has 2 unspecified atom stereocenters. The molecule has 2 rings (SSSR count). The molecule has 1 saturated carbocycles. The predicted octanol–water partition coefficient (Wildman–Crippen LogP) is 0.683. The Morgan fingerprint density at radius 2 is 2.05 bits per heavy atom. The first-order valence-electron chi connectivity index (χ1n) is 7.93. The second kappa shape index (κ2) is 6.41. The van der Waals surface area contributed by atoms with Crippen molar-refractivity contribution in [1.82, 2.24) is 9.80 Å². The number of carbonyl (C=O) groups is 1. The van der Waals surface area contributed by atoms with Crippen molar-refractivity contribution in [2.24, 2.45) is 11.7 Å². The van der Waals surface area contributed by atoms with Gasteiger partial charge in [-0.1, -0.05) is 6.92 Å². The quantitative estimate of drug-likeness (QED) is 0.727. The standard InChI is InChI=1S/C15H29N3O2/c1-4-18-9-8-17(10-12(18)3)11-15(16,13-6-7-13)14(19)20-5-2/h12-13H,4-11,16H2,1-3H3. The normalized spacial score (nSPS) is 28.1. The molecule has 0 amide bonds. The van der Waals surface area contributed by atoms with Crippen molar-refractivity contribution in [3.8, 4) is 0 Å². The molecule has 2 fully saturated rings. The number of rotatable bonds is 6. The summed E-state index contributed by atoms with van der Waals surface area (Å²) in [5.74, 6) is 0.0918. The molecule has 1 heterocycles. The minimum Gasteiger partial charge on any atom is -0.465 e. The molecular formula is C15H29N3O2. The molecule has 0 aromatic carbocycles. The van der Waals surface area contributed by atoms with Gasteiger partial charge in [0.05, 0.1) is 6.61 Å². The van der Waals surface area contributed by atoms with Crippen LogP contribution in [0, 0.1) is 5.92 Å². The van der Waals surface area contributed by atoms with Gasteiger partial charge in [-0.3, -0.25) is 9.80 Å². The van der Waals surface area contributed by atoms with E-state index in [1.807, 2.05) is 6.92 Å². The van der Waals surface area contributed by atoms with Crippen molar-refractivity contribution < 1.29 is 9.53 Å². The van der Waals surface area contributed by atoms with Crippen LogP contribution in [-0.4, -0.2) is 66.7 Å². The average Bonchev–Trinajstić information content (AvgIpc) is 3.23. The van der Waals surface area contributed by atoms with Crippen molar-refractivity contribution >= 4 is 5.97 Å². The molecule has 2 atom stereocenters. The summed E-state index contributed by atoms with van der Waals surface area (Å²) in [6.07, 6.45) is 2.11. The zero-order chi connectivity index (χ0) is 14.8. The minimum absolute atomic E-state index is 0.215. The molecule has 0 aromatic heterocycles. The Bertz CT molecular complexity index is 346. The molecule has 20 heavy (non-hydrogen) atoms. The van der Waals surface area contributed by atoms with Crippen LogP contribution in [0.5, 0.6) is 0 Å². The molecule has 5 heteroatoms. The Kier molecular flexibility index (Phi) is 5.04. The highest BCUT2D eigenvalue weighted by molar-refractivity contribution is 5.82. The van der Waals surface area contributed by atoms with Crippen LogP contribution in [-0.2, 0) is 9.53 Å². The van der Waals surface area contributed by atoms with Gasteiger partial charge in [-0.15, -0.1) is 0 Å². The van der Waals surface area contributed by atoms with Crippen LogP contribution in [0.15, 0.2) is 0 Å². The molecular weight excluding hydrogens is 254 g/mol. The molecule has 1 aliphatic carbocycles. The lowest BCUT2D eigenvalue weighted by atomic mass is 9.93. The number of hydrogen-bond acceptors (Lipinski definition) is 5. The van der Waals surface area contributed by atoms with Gasteiger partial charge >= 0.3 is 5.97 Å². The van der Waals surface area contributed by atoms with E-state index >= 15 is 0 Å². The van der Waals surface area contributed by atoms with Crippen LogP contribution in [0.1, 0.15) is 33.6 Å².